The quantitative estimate of drug-likeness (QED) is 0.760. The molecular formula is C17H23NO6. The van der Waals surface area contributed by atoms with Crippen LogP contribution in [0.4, 0.5) is 0 Å². The first kappa shape index (κ1) is 17.9. The first-order chi connectivity index (χ1) is 11.6. The first-order valence-corrected chi connectivity index (χ1v) is 7.65. The summed E-state index contributed by atoms with van der Waals surface area (Å²) in [7, 11) is 4.47. The molecule has 0 saturated carbocycles. The average Bonchev–Trinajstić information content (AvgIpc) is 2.62. The summed E-state index contributed by atoms with van der Waals surface area (Å²) in [6, 6.07) is 5.35. The highest BCUT2D eigenvalue weighted by atomic mass is 16.5. The van der Waals surface area contributed by atoms with Crippen LogP contribution in [0, 0.1) is 0 Å². The fourth-order valence-corrected chi connectivity index (χ4v) is 2.49. The smallest absolute Gasteiger partial charge is 0.338 e. The van der Waals surface area contributed by atoms with E-state index in [9.17, 15) is 9.90 Å². The predicted octanol–water partition coefficient (Wildman–Crippen LogP) is 1.77. The Kier molecular flexibility index (Phi) is 6.31. The number of carbonyl (C=O) groups is 1. The molecule has 1 aromatic rings. The number of aliphatic hydroxyl groups is 1. The number of rotatable bonds is 7. The topological polar surface area (TPSA) is 77.5 Å². The van der Waals surface area contributed by atoms with Gasteiger partial charge in [-0.15, -0.1) is 0 Å². The van der Waals surface area contributed by atoms with Crippen LogP contribution in [0.3, 0.4) is 0 Å². The third-order valence-electron chi connectivity index (χ3n) is 3.86. The fourth-order valence-electron chi connectivity index (χ4n) is 2.49. The first-order valence-electron chi connectivity index (χ1n) is 7.65. The van der Waals surface area contributed by atoms with Crippen molar-refractivity contribution in [2.75, 3.05) is 47.6 Å². The molecule has 0 saturated heterocycles. The number of hydrogen-bond donors (Lipinski definition) is 1. The van der Waals surface area contributed by atoms with Gasteiger partial charge in [0.25, 0.3) is 0 Å². The number of nitrogens with zero attached hydrogens (tertiary/aromatic N) is 1. The summed E-state index contributed by atoms with van der Waals surface area (Å²) in [5, 5.41) is 9.81. The lowest BCUT2D eigenvalue weighted by Gasteiger charge is -2.27. The summed E-state index contributed by atoms with van der Waals surface area (Å²) < 4.78 is 20.9. The van der Waals surface area contributed by atoms with Crippen LogP contribution < -0.4 is 14.2 Å². The van der Waals surface area contributed by atoms with Crippen molar-refractivity contribution in [3.8, 4) is 17.2 Å². The van der Waals surface area contributed by atoms with E-state index in [1.165, 1.54) is 7.11 Å². The Morgan fingerprint density at radius 3 is 2.67 bits per heavy atom. The minimum atomic E-state index is -0.493. The van der Waals surface area contributed by atoms with Gasteiger partial charge in [0.15, 0.2) is 11.5 Å². The van der Waals surface area contributed by atoms with E-state index in [-0.39, 0.29) is 5.76 Å². The Balaban J connectivity index is 1.92. The Labute approximate surface area is 141 Å². The predicted molar refractivity (Wildman–Crippen MR) is 87.8 cm³/mol. The van der Waals surface area contributed by atoms with Crippen LogP contribution in [-0.2, 0) is 9.53 Å². The molecule has 0 unspecified atom stereocenters. The number of methoxy groups -OCH3 is 3. The van der Waals surface area contributed by atoms with Crippen LogP contribution in [0.15, 0.2) is 29.5 Å². The highest BCUT2D eigenvalue weighted by Crippen LogP contribution is 2.31. The second-order valence-corrected chi connectivity index (χ2v) is 5.31. The summed E-state index contributed by atoms with van der Waals surface area (Å²) in [6.45, 7) is 2.02. The van der Waals surface area contributed by atoms with Crippen LogP contribution in [0.5, 0.6) is 17.2 Å². The Morgan fingerprint density at radius 1 is 1.21 bits per heavy atom. The SMILES string of the molecule is COC(=O)C1=C(O)CCN(CCOc2cc(OC)ccc2OC)C1. The van der Waals surface area contributed by atoms with Crippen molar-refractivity contribution < 1.29 is 28.8 Å². The molecule has 24 heavy (non-hydrogen) atoms. The number of aliphatic hydroxyl groups excluding tert-OH is 1. The van der Waals surface area contributed by atoms with E-state index >= 15 is 0 Å². The average molecular weight is 337 g/mol. The number of ether oxygens (including phenoxy) is 4. The van der Waals surface area contributed by atoms with Gasteiger partial charge in [-0.2, -0.15) is 0 Å². The molecule has 0 aliphatic carbocycles. The molecule has 1 aromatic carbocycles. The number of esters is 1. The molecule has 1 aliphatic heterocycles. The van der Waals surface area contributed by atoms with Gasteiger partial charge in [0.2, 0.25) is 0 Å². The van der Waals surface area contributed by atoms with E-state index in [4.69, 9.17) is 18.9 Å². The monoisotopic (exact) mass is 337 g/mol. The molecule has 1 heterocycles. The Morgan fingerprint density at radius 2 is 2.00 bits per heavy atom. The second-order valence-electron chi connectivity index (χ2n) is 5.31. The lowest BCUT2D eigenvalue weighted by Crippen LogP contribution is -2.37. The third-order valence-corrected chi connectivity index (χ3v) is 3.86. The van der Waals surface area contributed by atoms with Crippen molar-refractivity contribution in [1.29, 1.82) is 0 Å². The van der Waals surface area contributed by atoms with E-state index in [0.29, 0.717) is 55.5 Å². The van der Waals surface area contributed by atoms with Crippen LogP contribution in [0.25, 0.3) is 0 Å². The molecule has 0 spiro atoms. The zero-order valence-electron chi connectivity index (χ0n) is 14.2. The Hall–Kier alpha value is -2.41. The summed E-state index contributed by atoms with van der Waals surface area (Å²) in [6.07, 6.45) is 0.424. The van der Waals surface area contributed by atoms with Crippen molar-refractivity contribution in [1.82, 2.24) is 4.90 Å². The molecule has 0 radical (unpaired) electrons. The summed E-state index contributed by atoms with van der Waals surface area (Å²) in [5.74, 6) is 1.52. The third kappa shape index (κ3) is 4.32. The largest absolute Gasteiger partial charge is 0.512 e. The molecule has 1 aliphatic rings. The molecule has 7 heteroatoms. The number of carbonyl (C=O) groups excluding carboxylic acids is 1. The molecule has 7 nitrogen and oxygen atoms in total. The number of benzene rings is 1. The molecule has 2 rings (SSSR count). The zero-order valence-corrected chi connectivity index (χ0v) is 14.2. The van der Waals surface area contributed by atoms with Crippen LogP contribution in [-0.4, -0.2) is 63.5 Å². The van der Waals surface area contributed by atoms with Gasteiger partial charge in [0.05, 0.1) is 26.9 Å². The minimum absolute atomic E-state index is 0.105. The van der Waals surface area contributed by atoms with Crippen molar-refractivity contribution in [2.24, 2.45) is 0 Å². The highest BCUT2D eigenvalue weighted by Gasteiger charge is 2.24. The molecule has 0 bridgehead atoms. The lowest BCUT2D eigenvalue weighted by molar-refractivity contribution is -0.136. The molecule has 0 aromatic heterocycles. The standard InChI is InChI=1S/C17H23NO6/c1-21-12-4-5-15(22-2)16(10-12)24-9-8-18-7-6-14(19)13(11-18)17(20)23-3/h4-5,10,19H,6-9,11H2,1-3H3. The van der Waals surface area contributed by atoms with Crippen molar-refractivity contribution in [2.45, 2.75) is 6.42 Å². The van der Waals surface area contributed by atoms with E-state index in [1.807, 2.05) is 4.90 Å². The van der Waals surface area contributed by atoms with Gasteiger partial charge in [-0.3, -0.25) is 4.90 Å². The molecule has 0 fully saturated rings. The van der Waals surface area contributed by atoms with Gasteiger partial charge < -0.3 is 24.1 Å². The second kappa shape index (κ2) is 8.44. The van der Waals surface area contributed by atoms with Gasteiger partial charge in [-0.25, -0.2) is 4.79 Å². The highest BCUT2D eigenvalue weighted by molar-refractivity contribution is 5.89. The van der Waals surface area contributed by atoms with E-state index in [2.05, 4.69) is 0 Å². The lowest BCUT2D eigenvalue weighted by atomic mass is 10.1. The molecule has 132 valence electrons. The molecule has 1 N–H and O–H groups in total. The molecular weight excluding hydrogens is 314 g/mol. The van der Waals surface area contributed by atoms with E-state index < -0.39 is 5.97 Å². The van der Waals surface area contributed by atoms with Crippen molar-refractivity contribution in [3.05, 3.63) is 29.5 Å². The normalized spacial score (nSPS) is 15.1. The van der Waals surface area contributed by atoms with Crippen molar-refractivity contribution >= 4 is 5.97 Å². The van der Waals surface area contributed by atoms with Crippen molar-refractivity contribution in [3.63, 3.8) is 0 Å². The minimum Gasteiger partial charge on any atom is -0.512 e. The van der Waals surface area contributed by atoms with Crippen LogP contribution >= 0.6 is 0 Å². The number of hydrogen-bond acceptors (Lipinski definition) is 7. The summed E-state index contributed by atoms with van der Waals surface area (Å²) in [4.78, 5) is 13.7. The fraction of sp³-hybridized carbons (Fsp3) is 0.471. The van der Waals surface area contributed by atoms with Crippen LogP contribution in [0.1, 0.15) is 6.42 Å². The van der Waals surface area contributed by atoms with E-state index in [1.54, 1.807) is 32.4 Å². The summed E-state index contributed by atoms with van der Waals surface area (Å²) in [5.41, 5.74) is 0.308. The molecule has 0 atom stereocenters. The van der Waals surface area contributed by atoms with E-state index in [0.717, 1.165) is 0 Å². The Bertz CT molecular complexity index is 613. The van der Waals surface area contributed by atoms with Gasteiger partial charge in [-0.05, 0) is 12.1 Å². The van der Waals surface area contributed by atoms with Crippen LogP contribution in [0.2, 0.25) is 0 Å². The van der Waals surface area contributed by atoms with Gasteiger partial charge in [-0.1, -0.05) is 0 Å². The maximum atomic E-state index is 11.6. The van der Waals surface area contributed by atoms with Gasteiger partial charge in [0, 0.05) is 32.1 Å². The summed E-state index contributed by atoms with van der Waals surface area (Å²) >= 11 is 0. The molecule has 0 amide bonds. The van der Waals surface area contributed by atoms with Gasteiger partial charge >= 0.3 is 5.97 Å². The van der Waals surface area contributed by atoms with Gasteiger partial charge in [0.1, 0.15) is 18.1 Å². The maximum Gasteiger partial charge on any atom is 0.338 e. The zero-order chi connectivity index (χ0) is 17.5. The maximum absolute atomic E-state index is 11.6.